The van der Waals surface area contributed by atoms with Crippen LogP contribution >= 0.6 is 0 Å². The first kappa shape index (κ1) is 16.6. The van der Waals surface area contributed by atoms with E-state index < -0.39 is 7.12 Å². The Labute approximate surface area is 151 Å². The maximum atomic E-state index is 9.17. The fourth-order valence-corrected chi connectivity index (χ4v) is 3.30. The maximum Gasteiger partial charge on any atom is 0.488 e. The van der Waals surface area contributed by atoms with E-state index in [4.69, 9.17) is 14.8 Å². The topological polar surface area (TPSA) is 77.8 Å². The van der Waals surface area contributed by atoms with Gasteiger partial charge in [0, 0.05) is 23.5 Å². The predicted molar refractivity (Wildman–Crippen MR) is 105 cm³/mol. The van der Waals surface area contributed by atoms with Crippen LogP contribution in [0.1, 0.15) is 16.8 Å². The molecule has 0 atom stereocenters. The molecule has 0 radical (unpaired) electrons. The molecule has 0 spiro atoms. The van der Waals surface area contributed by atoms with Crippen LogP contribution in [0, 0.1) is 0 Å². The molecular weight excluding hydrogens is 327 g/mol. The molecule has 1 aliphatic heterocycles. The fourth-order valence-electron chi connectivity index (χ4n) is 3.30. The number of methoxy groups -OCH3 is 1. The molecule has 0 bridgehead atoms. The van der Waals surface area contributed by atoms with Crippen molar-refractivity contribution >= 4 is 35.3 Å². The number of H-pyrrole nitrogens is 1. The molecule has 0 amide bonds. The normalized spacial score (nSPS) is 13.7. The Balaban J connectivity index is 1.65. The summed E-state index contributed by atoms with van der Waals surface area (Å²) in [4.78, 5) is 8.13. The van der Waals surface area contributed by atoms with Crippen LogP contribution in [0.4, 0.5) is 0 Å². The number of allylic oxidation sites excluding steroid dienone is 1. The van der Waals surface area contributed by atoms with E-state index in [0.717, 1.165) is 41.2 Å². The van der Waals surface area contributed by atoms with E-state index in [1.807, 2.05) is 36.4 Å². The van der Waals surface area contributed by atoms with Crippen LogP contribution in [0.2, 0.25) is 0 Å². The summed E-state index contributed by atoms with van der Waals surface area (Å²) in [5.41, 5.74) is 5.77. The number of benzene rings is 2. The second-order valence-electron chi connectivity index (χ2n) is 6.28. The van der Waals surface area contributed by atoms with E-state index in [2.05, 4.69) is 16.0 Å². The van der Waals surface area contributed by atoms with E-state index in [0.29, 0.717) is 5.46 Å². The number of aliphatic imine (C=N–C) groups is 1. The Hall–Kier alpha value is -2.83. The first-order valence-corrected chi connectivity index (χ1v) is 8.53. The molecule has 2 heterocycles. The molecule has 0 saturated carbocycles. The van der Waals surface area contributed by atoms with Gasteiger partial charge in [0.05, 0.1) is 18.5 Å². The lowest BCUT2D eigenvalue weighted by atomic mass is 9.80. The van der Waals surface area contributed by atoms with Gasteiger partial charge in [-0.15, -0.1) is 0 Å². The summed E-state index contributed by atoms with van der Waals surface area (Å²) >= 11 is 0. The van der Waals surface area contributed by atoms with Gasteiger partial charge in [0.15, 0.2) is 0 Å². The van der Waals surface area contributed by atoms with Crippen LogP contribution in [0.25, 0.3) is 17.0 Å². The van der Waals surface area contributed by atoms with Gasteiger partial charge >= 0.3 is 7.12 Å². The zero-order valence-corrected chi connectivity index (χ0v) is 14.4. The predicted octanol–water partition coefficient (Wildman–Crippen LogP) is 1.91. The SMILES string of the molecule is COc1ccc2c3c([nH]c2c1)C(/C=C\c1ccc(B(O)O)cc1)=NCC3. The van der Waals surface area contributed by atoms with Crippen molar-refractivity contribution in [1.29, 1.82) is 0 Å². The number of ether oxygens (including phenoxy) is 1. The zero-order chi connectivity index (χ0) is 18.1. The maximum absolute atomic E-state index is 9.17. The Bertz CT molecular complexity index is 1000. The van der Waals surface area contributed by atoms with E-state index in [1.165, 1.54) is 10.9 Å². The van der Waals surface area contributed by atoms with Crippen molar-refractivity contribution in [2.45, 2.75) is 6.42 Å². The van der Waals surface area contributed by atoms with Crippen molar-refractivity contribution in [3.63, 3.8) is 0 Å². The summed E-state index contributed by atoms with van der Waals surface area (Å²) in [6, 6.07) is 13.2. The number of nitrogens with zero attached hydrogens (tertiary/aromatic N) is 1. The van der Waals surface area contributed by atoms with Crippen LogP contribution in [-0.2, 0) is 6.42 Å². The molecule has 0 unspecified atom stereocenters. The Morgan fingerprint density at radius 3 is 2.65 bits per heavy atom. The van der Waals surface area contributed by atoms with Gasteiger partial charge < -0.3 is 19.8 Å². The lowest BCUT2D eigenvalue weighted by molar-refractivity contribution is 0.415. The third-order valence-corrected chi connectivity index (χ3v) is 4.68. The van der Waals surface area contributed by atoms with Crippen LogP contribution in [-0.4, -0.2) is 41.5 Å². The summed E-state index contributed by atoms with van der Waals surface area (Å²) < 4.78 is 5.31. The zero-order valence-electron chi connectivity index (χ0n) is 14.4. The third-order valence-electron chi connectivity index (χ3n) is 4.68. The number of aromatic amines is 1. The summed E-state index contributed by atoms with van der Waals surface area (Å²) in [6.07, 6.45) is 4.89. The van der Waals surface area contributed by atoms with E-state index in [-0.39, 0.29) is 0 Å². The Kier molecular flexibility index (Phi) is 4.36. The summed E-state index contributed by atoms with van der Waals surface area (Å²) in [5.74, 6) is 0.830. The molecule has 26 heavy (non-hydrogen) atoms. The van der Waals surface area contributed by atoms with Gasteiger partial charge in [-0.3, -0.25) is 4.99 Å². The van der Waals surface area contributed by atoms with Gasteiger partial charge in [0.1, 0.15) is 5.75 Å². The van der Waals surface area contributed by atoms with Gasteiger partial charge in [0.2, 0.25) is 0 Å². The molecule has 1 aromatic heterocycles. The molecule has 0 saturated heterocycles. The van der Waals surface area contributed by atoms with Crippen molar-refractivity contribution in [1.82, 2.24) is 4.98 Å². The Morgan fingerprint density at radius 2 is 1.92 bits per heavy atom. The van der Waals surface area contributed by atoms with Crippen molar-refractivity contribution in [3.05, 3.63) is 65.4 Å². The highest BCUT2D eigenvalue weighted by molar-refractivity contribution is 6.58. The van der Waals surface area contributed by atoms with Crippen molar-refractivity contribution in [3.8, 4) is 5.75 Å². The molecule has 0 aliphatic carbocycles. The quantitative estimate of drug-likeness (QED) is 0.632. The molecule has 3 aromatic rings. The number of hydrogen-bond donors (Lipinski definition) is 3. The largest absolute Gasteiger partial charge is 0.497 e. The Morgan fingerprint density at radius 1 is 1.12 bits per heavy atom. The van der Waals surface area contributed by atoms with Gasteiger partial charge in [-0.05, 0) is 41.2 Å². The molecule has 3 N–H and O–H groups in total. The van der Waals surface area contributed by atoms with Crippen molar-refractivity contribution in [2.75, 3.05) is 13.7 Å². The van der Waals surface area contributed by atoms with Gasteiger partial charge in [-0.2, -0.15) is 0 Å². The summed E-state index contributed by atoms with van der Waals surface area (Å²) in [7, 11) is 0.224. The number of aromatic nitrogens is 1. The molecule has 6 heteroatoms. The van der Waals surface area contributed by atoms with Crippen LogP contribution in [0.5, 0.6) is 5.75 Å². The summed E-state index contributed by atoms with van der Waals surface area (Å²) in [5, 5.41) is 19.5. The number of rotatable bonds is 4. The molecule has 1 aliphatic rings. The smallest absolute Gasteiger partial charge is 0.488 e. The van der Waals surface area contributed by atoms with E-state index >= 15 is 0 Å². The lowest BCUT2D eigenvalue weighted by Gasteiger charge is -2.10. The highest BCUT2D eigenvalue weighted by Crippen LogP contribution is 2.29. The minimum Gasteiger partial charge on any atom is -0.497 e. The molecule has 5 nitrogen and oxygen atoms in total. The number of fused-ring (bicyclic) bond motifs is 3. The van der Waals surface area contributed by atoms with Crippen LogP contribution in [0.15, 0.2) is 53.5 Å². The number of nitrogens with one attached hydrogen (secondary N) is 1. The summed E-state index contributed by atoms with van der Waals surface area (Å²) in [6.45, 7) is 0.765. The van der Waals surface area contributed by atoms with E-state index in [9.17, 15) is 0 Å². The van der Waals surface area contributed by atoms with Gasteiger partial charge in [0.25, 0.3) is 0 Å². The lowest BCUT2D eigenvalue weighted by Crippen LogP contribution is -2.29. The first-order valence-electron chi connectivity index (χ1n) is 8.53. The second-order valence-corrected chi connectivity index (χ2v) is 6.28. The minimum atomic E-state index is -1.44. The monoisotopic (exact) mass is 346 g/mol. The fraction of sp³-hybridized carbons (Fsp3) is 0.150. The standard InChI is InChI=1S/C20H19BN2O3/c1-26-15-7-8-16-17-10-11-22-18(20(17)23-19(16)12-15)9-4-13-2-5-14(6-3-13)21(24)25/h2-9,12,23-25H,10-11H2,1H3/b9-4-. The first-order chi connectivity index (χ1) is 12.7. The average Bonchev–Trinajstić information content (AvgIpc) is 3.05. The van der Waals surface area contributed by atoms with Crippen LogP contribution < -0.4 is 10.2 Å². The molecule has 130 valence electrons. The number of hydrogen-bond acceptors (Lipinski definition) is 4. The average molecular weight is 346 g/mol. The van der Waals surface area contributed by atoms with Gasteiger partial charge in [-0.25, -0.2) is 0 Å². The molecule has 4 rings (SSSR count). The highest BCUT2D eigenvalue weighted by Gasteiger charge is 2.18. The minimum absolute atomic E-state index is 0.476. The van der Waals surface area contributed by atoms with Crippen molar-refractivity contribution in [2.24, 2.45) is 4.99 Å². The second kappa shape index (κ2) is 6.82. The molecule has 2 aromatic carbocycles. The highest BCUT2D eigenvalue weighted by atomic mass is 16.5. The van der Waals surface area contributed by atoms with Crippen molar-refractivity contribution < 1.29 is 14.8 Å². The molecular formula is C20H19BN2O3. The van der Waals surface area contributed by atoms with Gasteiger partial charge in [-0.1, -0.05) is 30.3 Å². The third kappa shape index (κ3) is 3.05. The molecule has 0 fully saturated rings. The van der Waals surface area contributed by atoms with Crippen LogP contribution in [0.3, 0.4) is 0 Å². The van der Waals surface area contributed by atoms with E-state index in [1.54, 1.807) is 19.2 Å².